The van der Waals surface area contributed by atoms with Crippen molar-refractivity contribution in [2.75, 3.05) is 6.61 Å². The molecule has 0 radical (unpaired) electrons. The fraction of sp³-hybridized carbons (Fsp3) is 0.750. The zero-order valence-corrected chi connectivity index (χ0v) is 7.99. The maximum atomic E-state index is 10.9. The van der Waals surface area contributed by atoms with Crippen LogP contribution in [-0.4, -0.2) is 58.3 Å². The lowest BCUT2D eigenvalue weighted by Gasteiger charge is -2.21. The Balaban J connectivity index is 2.77. The molecular weight excluding hydrogens is 208 g/mol. The van der Waals surface area contributed by atoms with E-state index in [0.29, 0.717) is 0 Å². The van der Waals surface area contributed by atoms with Crippen molar-refractivity contribution >= 4 is 11.9 Å². The van der Waals surface area contributed by atoms with Crippen molar-refractivity contribution in [2.24, 2.45) is 0 Å². The predicted octanol–water partition coefficient (Wildman–Crippen LogP) is -2.44. The van der Waals surface area contributed by atoms with Crippen LogP contribution < -0.4 is 0 Å². The van der Waals surface area contributed by atoms with Crippen LogP contribution in [0.25, 0.3) is 0 Å². The minimum Gasteiger partial charge on any atom is -0.455 e. The van der Waals surface area contributed by atoms with Crippen LogP contribution in [0, 0.1) is 0 Å². The van der Waals surface area contributed by atoms with Crippen LogP contribution in [0.1, 0.15) is 6.92 Å². The molecule has 7 nitrogen and oxygen atoms in total. The van der Waals surface area contributed by atoms with Gasteiger partial charge in [-0.3, -0.25) is 4.79 Å². The number of hydrogen-bond acceptors (Lipinski definition) is 7. The second-order valence-corrected chi connectivity index (χ2v) is 3.17. The van der Waals surface area contributed by atoms with E-state index < -0.39 is 43.0 Å². The average molecular weight is 220 g/mol. The Morgan fingerprint density at radius 2 is 2.27 bits per heavy atom. The van der Waals surface area contributed by atoms with Gasteiger partial charge in [-0.15, -0.1) is 0 Å². The Kier molecular flexibility index (Phi) is 3.61. The van der Waals surface area contributed by atoms with E-state index in [2.05, 4.69) is 9.47 Å². The molecule has 1 saturated heterocycles. The third kappa shape index (κ3) is 2.44. The van der Waals surface area contributed by atoms with Gasteiger partial charge in [0.05, 0.1) is 6.61 Å². The van der Waals surface area contributed by atoms with Gasteiger partial charge in [-0.05, 0) is 0 Å². The molecule has 1 aliphatic heterocycles. The fourth-order valence-electron chi connectivity index (χ4n) is 1.31. The summed E-state index contributed by atoms with van der Waals surface area (Å²) in [5, 5.41) is 27.2. The number of carbonyl (C=O) groups is 2. The van der Waals surface area contributed by atoms with E-state index in [0.717, 1.165) is 6.92 Å². The van der Waals surface area contributed by atoms with Crippen molar-refractivity contribution in [1.29, 1.82) is 0 Å². The lowest BCUT2D eigenvalue weighted by molar-refractivity contribution is -0.158. The van der Waals surface area contributed by atoms with Crippen molar-refractivity contribution in [1.82, 2.24) is 0 Å². The third-order valence-electron chi connectivity index (χ3n) is 2.00. The molecule has 15 heavy (non-hydrogen) atoms. The zero-order chi connectivity index (χ0) is 11.6. The molecule has 1 aliphatic rings. The van der Waals surface area contributed by atoms with E-state index in [1.165, 1.54) is 0 Å². The van der Waals surface area contributed by atoms with Crippen LogP contribution in [0.15, 0.2) is 0 Å². The summed E-state index contributed by atoms with van der Waals surface area (Å²) in [5.41, 5.74) is 0. The smallest absolute Gasteiger partial charge is 0.339 e. The first-order valence-corrected chi connectivity index (χ1v) is 4.32. The molecule has 86 valence electrons. The molecule has 1 fully saturated rings. The Bertz CT molecular complexity index is 264. The SMILES string of the molecule is CC(=O)OC1C(O)C(=O)OC1C(O)CO. The summed E-state index contributed by atoms with van der Waals surface area (Å²) in [7, 11) is 0. The quantitative estimate of drug-likeness (QED) is 0.453. The maximum absolute atomic E-state index is 10.9. The van der Waals surface area contributed by atoms with Gasteiger partial charge >= 0.3 is 11.9 Å². The van der Waals surface area contributed by atoms with Crippen LogP contribution >= 0.6 is 0 Å². The van der Waals surface area contributed by atoms with Gasteiger partial charge in [0.15, 0.2) is 18.3 Å². The first-order valence-electron chi connectivity index (χ1n) is 4.32. The molecule has 0 aromatic carbocycles. The average Bonchev–Trinajstić information content (AvgIpc) is 2.44. The molecule has 0 amide bonds. The summed E-state index contributed by atoms with van der Waals surface area (Å²) in [4.78, 5) is 21.6. The highest BCUT2D eigenvalue weighted by molar-refractivity contribution is 5.79. The number of ether oxygens (including phenoxy) is 2. The van der Waals surface area contributed by atoms with Crippen molar-refractivity contribution < 1.29 is 34.4 Å². The van der Waals surface area contributed by atoms with Crippen molar-refractivity contribution in [3.63, 3.8) is 0 Å². The summed E-state index contributed by atoms with van der Waals surface area (Å²) in [5.74, 6) is -1.70. The lowest BCUT2D eigenvalue weighted by Crippen LogP contribution is -2.43. The summed E-state index contributed by atoms with van der Waals surface area (Å²) >= 11 is 0. The molecule has 1 rings (SSSR count). The highest BCUT2D eigenvalue weighted by atomic mass is 16.6. The summed E-state index contributed by atoms with van der Waals surface area (Å²) < 4.78 is 9.19. The van der Waals surface area contributed by atoms with Gasteiger partial charge < -0.3 is 24.8 Å². The van der Waals surface area contributed by atoms with E-state index in [4.69, 9.17) is 5.11 Å². The molecule has 0 spiro atoms. The van der Waals surface area contributed by atoms with Gasteiger partial charge in [0.25, 0.3) is 0 Å². The third-order valence-corrected chi connectivity index (χ3v) is 2.00. The van der Waals surface area contributed by atoms with Gasteiger partial charge in [0, 0.05) is 6.92 Å². The standard InChI is InChI=1S/C8H12O7/c1-3(10)14-7-5(12)8(13)15-6(7)4(11)2-9/h4-7,9,11-12H,2H2,1H3. The molecule has 4 unspecified atom stereocenters. The Labute approximate surface area is 85.2 Å². The number of carbonyl (C=O) groups excluding carboxylic acids is 2. The highest BCUT2D eigenvalue weighted by Gasteiger charge is 2.49. The van der Waals surface area contributed by atoms with E-state index in [1.807, 2.05) is 0 Å². The van der Waals surface area contributed by atoms with Crippen molar-refractivity contribution in [3.8, 4) is 0 Å². The maximum Gasteiger partial charge on any atom is 0.339 e. The van der Waals surface area contributed by atoms with Crippen LogP contribution in [0.5, 0.6) is 0 Å². The van der Waals surface area contributed by atoms with E-state index in [1.54, 1.807) is 0 Å². The minimum absolute atomic E-state index is 0.664. The minimum atomic E-state index is -1.62. The van der Waals surface area contributed by atoms with E-state index >= 15 is 0 Å². The van der Waals surface area contributed by atoms with Gasteiger partial charge in [-0.25, -0.2) is 4.79 Å². The van der Waals surface area contributed by atoms with Gasteiger partial charge in [-0.1, -0.05) is 0 Å². The molecule has 0 bridgehead atoms. The van der Waals surface area contributed by atoms with Gasteiger partial charge in [0.2, 0.25) is 0 Å². The van der Waals surface area contributed by atoms with Crippen molar-refractivity contribution in [2.45, 2.75) is 31.3 Å². The molecule has 0 aromatic heterocycles. The van der Waals surface area contributed by atoms with E-state index in [-0.39, 0.29) is 0 Å². The first-order chi connectivity index (χ1) is 6.97. The molecular formula is C8H12O7. The first kappa shape index (κ1) is 11.9. The van der Waals surface area contributed by atoms with Crippen LogP contribution in [0.4, 0.5) is 0 Å². The van der Waals surface area contributed by atoms with Gasteiger partial charge in [-0.2, -0.15) is 0 Å². The summed E-state index contributed by atoms with van der Waals surface area (Å²) in [6.45, 7) is 0.431. The number of esters is 2. The Hall–Kier alpha value is -1.18. The van der Waals surface area contributed by atoms with Crippen LogP contribution in [-0.2, 0) is 19.1 Å². The monoisotopic (exact) mass is 220 g/mol. The second kappa shape index (κ2) is 4.56. The molecule has 7 heteroatoms. The normalized spacial score (nSPS) is 32.3. The number of hydrogen-bond donors (Lipinski definition) is 3. The fourth-order valence-corrected chi connectivity index (χ4v) is 1.31. The van der Waals surface area contributed by atoms with Gasteiger partial charge in [0.1, 0.15) is 6.10 Å². The number of cyclic esters (lactones) is 1. The second-order valence-electron chi connectivity index (χ2n) is 3.17. The number of aliphatic hydroxyl groups excluding tert-OH is 3. The Morgan fingerprint density at radius 3 is 2.73 bits per heavy atom. The molecule has 4 atom stereocenters. The van der Waals surface area contributed by atoms with Crippen LogP contribution in [0.3, 0.4) is 0 Å². The molecule has 1 heterocycles. The zero-order valence-electron chi connectivity index (χ0n) is 7.99. The molecule has 0 saturated carbocycles. The topological polar surface area (TPSA) is 113 Å². The lowest BCUT2D eigenvalue weighted by atomic mass is 10.1. The van der Waals surface area contributed by atoms with Crippen LogP contribution in [0.2, 0.25) is 0 Å². The number of rotatable bonds is 3. The molecule has 0 aromatic rings. The largest absolute Gasteiger partial charge is 0.455 e. The van der Waals surface area contributed by atoms with E-state index in [9.17, 15) is 19.8 Å². The molecule has 0 aliphatic carbocycles. The Morgan fingerprint density at radius 1 is 1.67 bits per heavy atom. The van der Waals surface area contributed by atoms with Crippen molar-refractivity contribution in [3.05, 3.63) is 0 Å². The summed E-state index contributed by atoms with van der Waals surface area (Å²) in [6, 6.07) is 0. The summed E-state index contributed by atoms with van der Waals surface area (Å²) in [6.07, 6.45) is -5.53. The predicted molar refractivity (Wildman–Crippen MR) is 44.5 cm³/mol. The number of aliphatic hydroxyl groups is 3. The highest BCUT2D eigenvalue weighted by Crippen LogP contribution is 2.22. The molecule has 3 N–H and O–H groups in total.